The van der Waals surface area contributed by atoms with E-state index in [4.69, 9.17) is 4.74 Å². The lowest BCUT2D eigenvalue weighted by molar-refractivity contribution is 0.171. The number of rotatable bonds is 4. The molecule has 90 valence electrons. The third kappa shape index (κ3) is 4.52. The first kappa shape index (κ1) is 13.0. The van der Waals surface area contributed by atoms with Crippen LogP contribution in [0.5, 0.6) is 0 Å². The van der Waals surface area contributed by atoms with Crippen LogP contribution >= 0.6 is 0 Å². The van der Waals surface area contributed by atoms with E-state index >= 15 is 0 Å². The van der Waals surface area contributed by atoms with Crippen molar-refractivity contribution in [3.63, 3.8) is 0 Å². The van der Waals surface area contributed by atoms with Crippen LogP contribution in [0.2, 0.25) is 0 Å². The summed E-state index contributed by atoms with van der Waals surface area (Å²) in [7, 11) is 0. The standard InChI is InChI=1S/C13H27NO/c1-10(2)8-12(13(3,4)5)14-11-6-7-15-9-11/h10-12,14H,6-9H2,1-5H3. The van der Waals surface area contributed by atoms with Crippen LogP contribution in [0, 0.1) is 11.3 Å². The van der Waals surface area contributed by atoms with Crippen molar-refractivity contribution in [2.45, 2.75) is 59.5 Å². The van der Waals surface area contributed by atoms with Crippen molar-refractivity contribution in [1.29, 1.82) is 0 Å². The molecule has 2 heteroatoms. The van der Waals surface area contributed by atoms with Crippen LogP contribution in [0.4, 0.5) is 0 Å². The van der Waals surface area contributed by atoms with Crippen LogP contribution in [0.1, 0.15) is 47.5 Å². The second kappa shape index (κ2) is 5.31. The van der Waals surface area contributed by atoms with E-state index in [0.29, 0.717) is 17.5 Å². The van der Waals surface area contributed by atoms with Gasteiger partial charge in [0.2, 0.25) is 0 Å². The Morgan fingerprint density at radius 3 is 2.40 bits per heavy atom. The molecule has 1 saturated heterocycles. The van der Waals surface area contributed by atoms with Crippen molar-refractivity contribution in [1.82, 2.24) is 5.32 Å². The van der Waals surface area contributed by atoms with Gasteiger partial charge in [0.15, 0.2) is 0 Å². The molecule has 1 aliphatic rings. The van der Waals surface area contributed by atoms with Gasteiger partial charge in [-0.05, 0) is 24.2 Å². The van der Waals surface area contributed by atoms with Crippen molar-refractivity contribution in [2.75, 3.05) is 13.2 Å². The molecule has 0 aromatic carbocycles. The predicted molar refractivity (Wildman–Crippen MR) is 65.1 cm³/mol. The zero-order valence-corrected chi connectivity index (χ0v) is 11.0. The highest BCUT2D eigenvalue weighted by atomic mass is 16.5. The Kier molecular flexibility index (Phi) is 4.60. The van der Waals surface area contributed by atoms with Crippen molar-refractivity contribution >= 4 is 0 Å². The van der Waals surface area contributed by atoms with Crippen molar-refractivity contribution in [3.8, 4) is 0 Å². The van der Waals surface area contributed by atoms with Crippen molar-refractivity contribution in [3.05, 3.63) is 0 Å². The zero-order valence-electron chi connectivity index (χ0n) is 11.0. The minimum Gasteiger partial charge on any atom is -0.380 e. The van der Waals surface area contributed by atoms with Crippen LogP contribution < -0.4 is 5.32 Å². The molecule has 0 aromatic rings. The minimum atomic E-state index is 0.340. The van der Waals surface area contributed by atoms with E-state index in [1.54, 1.807) is 0 Å². The Morgan fingerprint density at radius 2 is 2.00 bits per heavy atom. The maximum absolute atomic E-state index is 5.41. The van der Waals surface area contributed by atoms with Gasteiger partial charge in [0.1, 0.15) is 0 Å². The Morgan fingerprint density at radius 1 is 1.33 bits per heavy atom. The van der Waals surface area contributed by atoms with Crippen LogP contribution in [-0.4, -0.2) is 25.3 Å². The quantitative estimate of drug-likeness (QED) is 0.775. The number of ether oxygens (including phenoxy) is 1. The smallest absolute Gasteiger partial charge is 0.0620 e. The molecule has 0 saturated carbocycles. The average Bonchev–Trinajstić information content (AvgIpc) is 2.53. The molecule has 15 heavy (non-hydrogen) atoms. The van der Waals surface area contributed by atoms with Gasteiger partial charge in [-0.25, -0.2) is 0 Å². The van der Waals surface area contributed by atoms with Gasteiger partial charge in [-0.15, -0.1) is 0 Å². The first-order valence-corrected chi connectivity index (χ1v) is 6.23. The van der Waals surface area contributed by atoms with Gasteiger partial charge in [-0.1, -0.05) is 34.6 Å². The first-order valence-electron chi connectivity index (χ1n) is 6.23. The highest BCUT2D eigenvalue weighted by Gasteiger charge is 2.28. The normalized spacial score (nSPS) is 24.8. The zero-order chi connectivity index (χ0) is 11.5. The Balaban J connectivity index is 2.48. The molecule has 0 spiro atoms. The topological polar surface area (TPSA) is 21.3 Å². The fraction of sp³-hybridized carbons (Fsp3) is 1.00. The van der Waals surface area contributed by atoms with E-state index in [-0.39, 0.29) is 0 Å². The fourth-order valence-electron chi connectivity index (χ4n) is 2.09. The van der Waals surface area contributed by atoms with Gasteiger partial charge in [0.05, 0.1) is 6.61 Å². The van der Waals surface area contributed by atoms with Crippen molar-refractivity contribution < 1.29 is 4.74 Å². The summed E-state index contributed by atoms with van der Waals surface area (Å²) in [4.78, 5) is 0. The van der Waals surface area contributed by atoms with Crippen LogP contribution in [0.3, 0.4) is 0 Å². The molecule has 1 N–H and O–H groups in total. The molecule has 0 bridgehead atoms. The third-order valence-electron chi connectivity index (χ3n) is 3.12. The summed E-state index contributed by atoms with van der Waals surface area (Å²) in [6.07, 6.45) is 2.42. The minimum absolute atomic E-state index is 0.340. The van der Waals surface area contributed by atoms with Gasteiger partial charge in [0.25, 0.3) is 0 Å². The maximum atomic E-state index is 5.41. The predicted octanol–water partition coefficient (Wildman–Crippen LogP) is 2.83. The molecular weight excluding hydrogens is 186 g/mol. The van der Waals surface area contributed by atoms with Crippen LogP contribution in [0.25, 0.3) is 0 Å². The van der Waals surface area contributed by atoms with E-state index < -0.39 is 0 Å². The number of hydrogen-bond acceptors (Lipinski definition) is 2. The highest BCUT2D eigenvalue weighted by molar-refractivity contribution is 4.85. The molecule has 1 rings (SSSR count). The molecular formula is C13H27NO. The lowest BCUT2D eigenvalue weighted by Crippen LogP contribution is -2.46. The van der Waals surface area contributed by atoms with Gasteiger partial charge >= 0.3 is 0 Å². The molecule has 0 amide bonds. The molecule has 2 unspecified atom stereocenters. The van der Waals surface area contributed by atoms with E-state index in [1.807, 2.05) is 0 Å². The molecule has 0 aliphatic carbocycles. The molecule has 1 heterocycles. The molecule has 1 fully saturated rings. The lowest BCUT2D eigenvalue weighted by atomic mass is 9.81. The van der Waals surface area contributed by atoms with E-state index in [2.05, 4.69) is 39.9 Å². The number of hydrogen-bond donors (Lipinski definition) is 1. The van der Waals surface area contributed by atoms with Crippen LogP contribution in [0.15, 0.2) is 0 Å². The third-order valence-corrected chi connectivity index (χ3v) is 3.12. The van der Waals surface area contributed by atoms with E-state index in [1.165, 1.54) is 12.8 Å². The lowest BCUT2D eigenvalue weighted by Gasteiger charge is -2.35. The summed E-state index contributed by atoms with van der Waals surface area (Å²) >= 11 is 0. The second-order valence-electron chi connectivity index (χ2n) is 6.28. The summed E-state index contributed by atoms with van der Waals surface area (Å²) in [5, 5.41) is 3.76. The molecule has 2 nitrogen and oxygen atoms in total. The SMILES string of the molecule is CC(C)CC(NC1CCOC1)C(C)(C)C. The van der Waals surface area contributed by atoms with Gasteiger partial charge in [0, 0.05) is 18.7 Å². The van der Waals surface area contributed by atoms with E-state index in [9.17, 15) is 0 Å². The Hall–Kier alpha value is -0.0800. The van der Waals surface area contributed by atoms with E-state index in [0.717, 1.165) is 19.1 Å². The number of nitrogens with one attached hydrogen (secondary N) is 1. The summed E-state index contributed by atoms with van der Waals surface area (Å²) in [6.45, 7) is 13.4. The molecule has 1 aliphatic heterocycles. The van der Waals surface area contributed by atoms with Gasteiger partial charge < -0.3 is 10.1 Å². The largest absolute Gasteiger partial charge is 0.380 e. The van der Waals surface area contributed by atoms with Gasteiger partial charge in [-0.2, -0.15) is 0 Å². The molecule has 0 aromatic heterocycles. The molecule has 2 atom stereocenters. The maximum Gasteiger partial charge on any atom is 0.0620 e. The Bertz CT molecular complexity index is 177. The fourth-order valence-corrected chi connectivity index (χ4v) is 2.09. The second-order valence-corrected chi connectivity index (χ2v) is 6.28. The van der Waals surface area contributed by atoms with Crippen LogP contribution in [-0.2, 0) is 4.74 Å². The summed E-state index contributed by atoms with van der Waals surface area (Å²) in [6, 6.07) is 1.18. The van der Waals surface area contributed by atoms with Crippen molar-refractivity contribution in [2.24, 2.45) is 11.3 Å². The summed E-state index contributed by atoms with van der Waals surface area (Å²) < 4.78 is 5.41. The summed E-state index contributed by atoms with van der Waals surface area (Å²) in [5.41, 5.74) is 0.340. The highest BCUT2D eigenvalue weighted by Crippen LogP contribution is 2.25. The first-order chi connectivity index (χ1) is 6.89. The summed E-state index contributed by atoms with van der Waals surface area (Å²) in [5.74, 6) is 0.754. The average molecular weight is 213 g/mol. The monoisotopic (exact) mass is 213 g/mol. The van der Waals surface area contributed by atoms with Gasteiger partial charge in [-0.3, -0.25) is 0 Å². The Labute approximate surface area is 94.8 Å². The molecule has 0 radical (unpaired) electrons.